The molecular weight excluding hydrogens is 427 g/mol. The van der Waals surface area contributed by atoms with Crippen molar-refractivity contribution in [2.45, 2.75) is 64.1 Å². The summed E-state index contributed by atoms with van der Waals surface area (Å²) in [6.07, 6.45) is 3.65. The van der Waals surface area contributed by atoms with Crippen LogP contribution in [-0.2, 0) is 4.74 Å². The molecule has 0 unspecified atom stereocenters. The molecular formula is C17H24ClIN2O2. The summed E-state index contributed by atoms with van der Waals surface area (Å²) >= 11 is 8.28. The molecule has 0 heterocycles. The fourth-order valence-corrected chi connectivity index (χ4v) is 3.71. The molecule has 0 aliphatic heterocycles. The number of alkyl carbamates (subject to hydrolysis) is 1. The van der Waals surface area contributed by atoms with Crippen molar-refractivity contribution in [2.75, 3.05) is 5.32 Å². The van der Waals surface area contributed by atoms with E-state index in [-0.39, 0.29) is 12.1 Å². The second-order valence-corrected chi connectivity index (χ2v) is 8.56. The molecule has 0 atom stereocenters. The van der Waals surface area contributed by atoms with Crippen LogP contribution in [0.4, 0.5) is 10.5 Å². The van der Waals surface area contributed by atoms with Crippen molar-refractivity contribution >= 4 is 46.0 Å². The van der Waals surface area contributed by atoms with Crippen LogP contribution in [0.15, 0.2) is 18.2 Å². The Hall–Kier alpha value is -0.690. The van der Waals surface area contributed by atoms with Gasteiger partial charge < -0.3 is 15.4 Å². The minimum absolute atomic E-state index is 0.201. The van der Waals surface area contributed by atoms with Gasteiger partial charge in [-0.3, -0.25) is 0 Å². The molecule has 1 aromatic carbocycles. The van der Waals surface area contributed by atoms with Gasteiger partial charge in [0.2, 0.25) is 0 Å². The Kier molecular flexibility index (Phi) is 6.42. The zero-order chi connectivity index (χ0) is 17.0. The number of carbonyl (C=O) groups excluding carboxylic acids is 1. The molecule has 0 bridgehead atoms. The van der Waals surface area contributed by atoms with Crippen molar-refractivity contribution in [3.8, 4) is 0 Å². The highest BCUT2D eigenvalue weighted by Crippen LogP contribution is 2.27. The second-order valence-electron chi connectivity index (χ2n) is 6.96. The Morgan fingerprint density at radius 1 is 1.22 bits per heavy atom. The monoisotopic (exact) mass is 450 g/mol. The van der Waals surface area contributed by atoms with Crippen molar-refractivity contribution in [3.05, 3.63) is 26.8 Å². The number of amides is 1. The summed E-state index contributed by atoms with van der Waals surface area (Å²) in [6.45, 7) is 5.63. The first-order valence-electron chi connectivity index (χ1n) is 7.94. The molecule has 0 radical (unpaired) electrons. The smallest absolute Gasteiger partial charge is 0.407 e. The Morgan fingerprint density at radius 2 is 1.83 bits per heavy atom. The van der Waals surface area contributed by atoms with Crippen LogP contribution in [0.2, 0.25) is 5.02 Å². The zero-order valence-corrected chi connectivity index (χ0v) is 16.7. The van der Waals surface area contributed by atoms with E-state index in [0.29, 0.717) is 6.04 Å². The molecule has 0 spiro atoms. The maximum Gasteiger partial charge on any atom is 0.407 e. The van der Waals surface area contributed by atoms with Crippen molar-refractivity contribution in [1.82, 2.24) is 5.32 Å². The highest BCUT2D eigenvalue weighted by atomic mass is 127. The third-order valence-electron chi connectivity index (χ3n) is 3.74. The van der Waals surface area contributed by atoms with Gasteiger partial charge in [-0.2, -0.15) is 0 Å². The van der Waals surface area contributed by atoms with E-state index in [1.807, 2.05) is 39.0 Å². The van der Waals surface area contributed by atoms with Gasteiger partial charge in [-0.25, -0.2) is 4.79 Å². The molecule has 2 rings (SSSR count). The van der Waals surface area contributed by atoms with Crippen LogP contribution in [0.3, 0.4) is 0 Å². The lowest BCUT2D eigenvalue weighted by Crippen LogP contribution is -2.42. The summed E-state index contributed by atoms with van der Waals surface area (Å²) < 4.78 is 6.44. The predicted molar refractivity (Wildman–Crippen MR) is 103 cm³/mol. The van der Waals surface area contributed by atoms with Crippen LogP contribution in [0.5, 0.6) is 0 Å². The van der Waals surface area contributed by atoms with Gasteiger partial charge >= 0.3 is 6.09 Å². The lowest BCUT2D eigenvalue weighted by molar-refractivity contribution is 0.0492. The van der Waals surface area contributed by atoms with Gasteiger partial charge in [-0.1, -0.05) is 11.6 Å². The molecule has 128 valence electrons. The number of ether oxygens (including phenoxy) is 1. The van der Waals surface area contributed by atoms with Crippen LogP contribution in [-0.4, -0.2) is 23.8 Å². The fourth-order valence-electron chi connectivity index (χ4n) is 2.68. The third kappa shape index (κ3) is 6.37. The Morgan fingerprint density at radius 3 is 2.39 bits per heavy atom. The van der Waals surface area contributed by atoms with Crippen LogP contribution in [0.25, 0.3) is 0 Å². The molecule has 1 amide bonds. The van der Waals surface area contributed by atoms with Crippen molar-refractivity contribution in [1.29, 1.82) is 0 Å². The highest BCUT2D eigenvalue weighted by Gasteiger charge is 2.24. The average molecular weight is 451 g/mol. The Labute approximate surface area is 156 Å². The summed E-state index contributed by atoms with van der Waals surface area (Å²) in [5, 5.41) is 7.30. The normalized spacial score (nSPS) is 21.6. The molecule has 23 heavy (non-hydrogen) atoms. The standard InChI is InChI=1S/C17H24ClIN2O2/c1-17(2,3)23-16(22)21-13-7-5-12(6-8-13)20-15-9-4-11(18)10-14(15)19/h4,9-10,12-13,20H,5-8H2,1-3H3,(H,21,22). The summed E-state index contributed by atoms with van der Waals surface area (Å²) in [5.74, 6) is 0. The van der Waals surface area contributed by atoms with Crippen molar-refractivity contribution in [2.24, 2.45) is 0 Å². The molecule has 1 aliphatic rings. The van der Waals surface area contributed by atoms with Crippen LogP contribution in [0, 0.1) is 3.57 Å². The number of rotatable bonds is 3. The number of benzene rings is 1. The van der Waals surface area contributed by atoms with E-state index in [1.54, 1.807) is 0 Å². The first-order valence-corrected chi connectivity index (χ1v) is 9.40. The molecule has 1 aromatic rings. The lowest BCUT2D eigenvalue weighted by Gasteiger charge is -2.31. The zero-order valence-electron chi connectivity index (χ0n) is 13.8. The molecule has 1 aliphatic carbocycles. The highest BCUT2D eigenvalue weighted by molar-refractivity contribution is 14.1. The Bertz CT molecular complexity index is 552. The molecule has 0 aromatic heterocycles. The van der Waals surface area contributed by atoms with Crippen LogP contribution >= 0.6 is 34.2 Å². The maximum absolute atomic E-state index is 11.8. The minimum atomic E-state index is -0.450. The summed E-state index contributed by atoms with van der Waals surface area (Å²) in [4.78, 5) is 11.8. The lowest BCUT2D eigenvalue weighted by atomic mass is 9.91. The van der Waals surface area contributed by atoms with Crippen LogP contribution in [0.1, 0.15) is 46.5 Å². The van der Waals surface area contributed by atoms with E-state index in [4.69, 9.17) is 16.3 Å². The van der Waals surface area contributed by atoms with E-state index in [1.165, 1.54) is 0 Å². The quantitative estimate of drug-likeness (QED) is 0.623. The summed E-state index contributed by atoms with van der Waals surface area (Å²) in [6, 6.07) is 6.52. The van der Waals surface area contributed by atoms with E-state index in [9.17, 15) is 4.79 Å². The maximum atomic E-state index is 11.8. The number of carbonyl (C=O) groups is 1. The minimum Gasteiger partial charge on any atom is -0.444 e. The van der Waals surface area contributed by atoms with Crippen molar-refractivity contribution < 1.29 is 9.53 Å². The number of hydrogen-bond acceptors (Lipinski definition) is 3. The number of anilines is 1. The van der Waals surface area contributed by atoms with Crippen molar-refractivity contribution in [3.63, 3.8) is 0 Å². The van der Waals surface area contributed by atoms with E-state index >= 15 is 0 Å². The Balaban J connectivity index is 1.79. The molecule has 0 saturated heterocycles. The average Bonchev–Trinajstić information content (AvgIpc) is 2.42. The van der Waals surface area contributed by atoms with E-state index in [2.05, 4.69) is 33.2 Å². The van der Waals surface area contributed by atoms with E-state index < -0.39 is 5.60 Å². The SMILES string of the molecule is CC(C)(C)OC(=O)NC1CCC(Nc2ccc(Cl)cc2I)CC1. The van der Waals surface area contributed by atoms with Gasteiger partial charge in [0, 0.05) is 26.4 Å². The van der Waals surface area contributed by atoms with Gasteiger partial charge in [0.15, 0.2) is 0 Å². The van der Waals surface area contributed by atoms with Gasteiger partial charge in [0.05, 0.1) is 0 Å². The van der Waals surface area contributed by atoms with Gasteiger partial charge in [-0.05, 0) is 87.2 Å². The fraction of sp³-hybridized carbons (Fsp3) is 0.588. The topological polar surface area (TPSA) is 50.4 Å². The molecule has 2 N–H and O–H groups in total. The molecule has 1 fully saturated rings. The predicted octanol–water partition coefficient (Wildman–Crippen LogP) is 5.19. The number of hydrogen-bond donors (Lipinski definition) is 2. The largest absolute Gasteiger partial charge is 0.444 e. The van der Waals surface area contributed by atoms with Crippen LogP contribution < -0.4 is 10.6 Å². The van der Waals surface area contributed by atoms with Gasteiger partial charge in [0.1, 0.15) is 5.60 Å². The number of halogens is 2. The van der Waals surface area contributed by atoms with E-state index in [0.717, 1.165) is 40.0 Å². The summed E-state index contributed by atoms with van der Waals surface area (Å²) in [7, 11) is 0. The second kappa shape index (κ2) is 7.92. The van der Waals surface area contributed by atoms with Gasteiger partial charge in [-0.15, -0.1) is 0 Å². The third-order valence-corrected chi connectivity index (χ3v) is 4.87. The molecule has 4 nitrogen and oxygen atoms in total. The molecule has 6 heteroatoms. The number of nitrogens with one attached hydrogen (secondary N) is 2. The van der Waals surface area contributed by atoms with Gasteiger partial charge in [0.25, 0.3) is 0 Å². The first-order chi connectivity index (χ1) is 10.7. The first kappa shape index (κ1) is 18.6. The molecule has 1 saturated carbocycles. The summed E-state index contributed by atoms with van der Waals surface area (Å²) in [5.41, 5.74) is 0.673.